The average Bonchev–Trinajstić information content (AvgIpc) is 3.35. The van der Waals surface area contributed by atoms with Crippen LogP contribution >= 0.6 is 11.6 Å². The maximum absolute atomic E-state index is 16.3. The fraction of sp³-hybridized carbons (Fsp3) is 0.480. The second kappa shape index (κ2) is 10.3. The summed E-state index contributed by atoms with van der Waals surface area (Å²) in [5.41, 5.74) is 3.05. The number of halogens is 5. The van der Waals surface area contributed by atoms with Crippen LogP contribution in [0, 0.1) is 12.7 Å². The van der Waals surface area contributed by atoms with Crippen molar-refractivity contribution in [1.29, 1.82) is 0 Å². The Kier molecular flexibility index (Phi) is 7.23. The highest BCUT2D eigenvalue weighted by atomic mass is 35.5. The second-order valence-corrected chi connectivity index (χ2v) is 10.1. The predicted molar refractivity (Wildman–Crippen MR) is 138 cm³/mol. The first-order valence-corrected chi connectivity index (χ1v) is 12.8. The van der Waals surface area contributed by atoms with Crippen LogP contribution in [-0.2, 0) is 6.18 Å². The Balaban J connectivity index is 1.72. The Labute approximate surface area is 221 Å². The van der Waals surface area contributed by atoms with Gasteiger partial charge in [-0.1, -0.05) is 11.6 Å². The van der Waals surface area contributed by atoms with Gasteiger partial charge in [0.05, 0.1) is 21.8 Å². The summed E-state index contributed by atoms with van der Waals surface area (Å²) in [5, 5.41) is 6.62. The van der Waals surface area contributed by atoms with E-state index in [1.807, 2.05) is 11.8 Å². The monoisotopic (exact) mass is 553 g/mol. The molecule has 2 aliphatic rings. The van der Waals surface area contributed by atoms with E-state index in [4.69, 9.17) is 22.1 Å². The summed E-state index contributed by atoms with van der Waals surface area (Å²) in [6, 6.07) is 2.53. The number of benzene rings is 1. The van der Waals surface area contributed by atoms with E-state index in [1.54, 1.807) is 0 Å². The van der Waals surface area contributed by atoms with E-state index in [9.17, 15) is 13.2 Å². The number of rotatable bonds is 5. The molecule has 1 aromatic carbocycles. The van der Waals surface area contributed by atoms with Gasteiger partial charge in [-0.2, -0.15) is 23.1 Å². The topological polar surface area (TPSA) is 101 Å². The number of nitrogens with two attached hydrogens (primary N) is 1. The zero-order valence-electron chi connectivity index (χ0n) is 20.9. The molecule has 204 valence electrons. The molecule has 2 unspecified atom stereocenters. The maximum Gasteiger partial charge on any atom is 0.418 e. The minimum atomic E-state index is -4.82. The fourth-order valence-corrected chi connectivity index (χ4v) is 5.41. The molecular weight excluding hydrogens is 526 g/mol. The number of pyridine rings is 1. The molecule has 0 radical (unpaired) electrons. The van der Waals surface area contributed by atoms with Crippen molar-refractivity contribution in [2.24, 2.45) is 0 Å². The SMILES string of the molecule is Cc1cc(N)nc(-c2c(Cl)cc3c(N4CCNCC4C)nc(OCC4CCCN4)nc3c2F)c1C(F)(F)F. The first-order valence-electron chi connectivity index (χ1n) is 12.4. The van der Waals surface area contributed by atoms with Crippen molar-refractivity contribution in [3.63, 3.8) is 0 Å². The third-order valence-corrected chi connectivity index (χ3v) is 7.25. The number of alkyl halides is 3. The van der Waals surface area contributed by atoms with Crippen molar-refractivity contribution in [3.05, 3.63) is 34.1 Å². The zero-order chi connectivity index (χ0) is 27.2. The molecule has 0 saturated carbocycles. The number of anilines is 2. The van der Waals surface area contributed by atoms with Gasteiger partial charge in [0.25, 0.3) is 0 Å². The quantitative estimate of drug-likeness (QED) is 0.402. The lowest BCUT2D eigenvalue weighted by molar-refractivity contribution is -0.137. The van der Waals surface area contributed by atoms with Crippen molar-refractivity contribution in [3.8, 4) is 17.3 Å². The van der Waals surface area contributed by atoms with Gasteiger partial charge in [0.1, 0.15) is 23.8 Å². The highest BCUT2D eigenvalue weighted by Gasteiger charge is 2.38. The van der Waals surface area contributed by atoms with E-state index in [-0.39, 0.29) is 52.0 Å². The Hall–Kier alpha value is -2.96. The van der Waals surface area contributed by atoms with E-state index >= 15 is 4.39 Å². The fourth-order valence-electron chi connectivity index (χ4n) is 5.13. The second-order valence-electron chi connectivity index (χ2n) is 9.71. The smallest absolute Gasteiger partial charge is 0.418 e. The zero-order valence-corrected chi connectivity index (χ0v) is 21.7. The van der Waals surface area contributed by atoms with Gasteiger partial charge in [0, 0.05) is 37.1 Å². The predicted octanol–water partition coefficient (Wildman–Crippen LogP) is 4.32. The van der Waals surface area contributed by atoms with Crippen LogP contribution in [0.2, 0.25) is 5.02 Å². The number of aryl methyl sites for hydroxylation is 1. The molecule has 5 rings (SSSR count). The largest absolute Gasteiger partial charge is 0.462 e. The van der Waals surface area contributed by atoms with E-state index in [0.29, 0.717) is 25.5 Å². The molecule has 8 nitrogen and oxygen atoms in total. The Morgan fingerprint density at radius 3 is 2.68 bits per heavy atom. The Morgan fingerprint density at radius 1 is 1.21 bits per heavy atom. The van der Waals surface area contributed by atoms with Crippen LogP contribution in [0.5, 0.6) is 6.01 Å². The molecule has 2 saturated heterocycles. The molecule has 2 atom stereocenters. The number of hydrogen-bond donors (Lipinski definition) is 3. The van der Waals surface area contributed by atoms with Crippen molar-refractivity contribution in [2.45, 2.75) is 44.9 Å². The molecule has 2 aliphatic heterocycles. The number of nitrogen functional groups attached to an aromatic ring is 1. The van der Waals surface area contributed by atoms with Gasteiger partial charge in [-0.05, 0) is 50.9 Å². The summed E-state index contributed by atoms with van der Waals surface area (Å²) in [7, 11) is 0. The molecule has 2 fully saturated rings. The van der Waals surface area contributed by atoms with Crippen molar-refractivity contribution < 1.29 is 22.3 Å². The van der Waals surface area contributed by atoms with Gasteiger partial charge in [-0.25, -0.2) is 9.37 Å². The van der Waals surface area contributed by atoms with Gasteiger partial charge < -0.3 is 26.0 Å². The Bertz CT molecular complexity index is 1360. The van der Waals surface area contributed by atoms with E-state index in [2.05, 4.69) is 25.6 Å². The molecule has 0 amide bonds. The number of ether oxygens (including phenoxy) is 1. The molecule has 13 heteroatoms. The molecule has 0 spiro atoms. The summed E-state index contributed by atoms with van der Waals surface area (Å²) in [6.07, 6.45) is -2.88. The van der Waals surface area contributed by atoms with Gasteiger partial charge in [-0.15, -0.1) is 0 Å². The normalized spacial score (nSPS) is 20.3. The van der Waals surface area contributed by atoms with Crippen LogP contribution in [-0.4, -0.2) is 59.8 Å². The molecule has 2 aromatic heterocycles. The van der Waals surface area contributed by atoms with Crippen LogP contribution in [0.15, 0.2) is 12.1 Å². The van der Waals surface area contributed by atoms with Crippen LogP contribution < -0.4 is 26.0 Å². The maximum atomic E-state index is 16.3. The highest BCUT2D eigenvalue weighted by molar-refractivity contribution is 6.34. The van der Waals surface area contributed by atoms with E-state index in [0.717, 1.165) is 25.5 Å². The third-order valence-electron chi connectivity index (χ3n) is 6.95. The minimum Gasteiger partial charge on any atom is -0.462 e. The lowest BCUT2D eigenvalue weighted by atomic mass is 9.99. The molecule has 4 heterocycles. The minimum absolute atomic E-state index is 0.00258. The Morgan fingerprint density at radius 2 is 2.00 bits per heavy atom. The summed E-state index contributed by atoms with van der Waals surface area (Å²) >= 11 is 6.49. The average molecular weight is 554 g/mol. The summed E-state index contributed by atoms with van der Waals surface area (Å²) in [6.45, 7) is 6.30. The summed E-state index contributed by atoms with van der Waals surface area (Å²) in [5.74, 6) is -0.837. The number of hydrogen-bond acceptors (Lipinski definition) is 8. The number of piperazine rings is 1. The van der Waals surface area contributed by atoms with Gasteiger partial charge in [0.2, 0.25) is 0 Å². The number of aromatic nitrogens is 3. The molecule has 4 N–H and O–H groups in total. The van der Waals surface area contributed by atoms with Crippen LogP contribution in [0.25, 0.3) is 22.2 Å². The van der Waals surface area contributed by atoms with Crippen molar-refractivity contribution in [2.75, 3.05) is 43.4 Å². The molecule has 38 heavy (non-hydrogen) atoms. The van der Waals surface area contributed by atoms with Crippen LogP contribution in [0.4, 0.5) is 29.2 Å². The highest BCUT2D eigenvalue weighted by Crippen LogP contribution is 2.44. The van der Waals surface area contributed by atoms with Gasteiger partial charge in [-0.3, -0.25) is 0 Å². The van der Waals surface area contributed by atoms with E-state index in [1.165, 1.54) is 13.0 Å². The number of nitrogens with one attached hydrogen (secondary N) is 2. The van der Waals surface area contributed by atoms with Crippen molar-refractivity contribution in [1.82, 2.24) is 25.6 Å². The van der Waals surface area contributed by atoms with Crippen LogP contribution in [0.1, 0.15) is 30.9 Å². The molecule has 0 bridgehead atoms. The van der Waals surface area contributed by atoms with Gasteiger partial charge >= 0.3 is 12.2 Å². The van der Waals surface area contributed by atoms with Crippen molar-refractivity contribution >= 4 is 34.1 Å². The van der Waals surface area contributed by atoms with Gasteiger partial charge in [0.15, 0.2) is 5.82 Å². The standard InChI is InChI=1S/C25H28ClF4N7O/c1-12-8-17(31)34-22(19(12)25(28,29)30)18-16(26)9-15-21(20(18)27)35-24(38-11-14-4-3-5-33-14)36-23(15)37-7-6-32-10-13(37)2/h8-9,13-14,32-33H,3-7,10-11H2,1-2H3,(H2,31,34). The number of fused-ring (bicyclic) bond motifs is 1. The molecule has 0 aliphatic carbocycles. The molecule has 3 aromatic rings. The molecular formula is C25H28ClF4N7O. The lowest BCUT2D eigenvalue weighted by Crippen LogP contribution is -2.50. The summed E-state index contributed by atoms with van der Waals surface area (Å²) in [4.78, 5) is 14.8. The van der Waals surface area contributed by atoms with Crippen LogP contribution in [0.3, 0.4) is 0 Å². The lowest BCUT2D eigenvalue weighted by Gasteiger charge is -2.35. The first-order chi connectivity index (χ1) is 18.0. The first kappa shape index (κ1) is 26.6. The number of nitrogens with zero attached hydrogens (tertiary/aromatic N) is 4. The van der Waals surface area contributed by atoms with E-state index < -0.39 is 28.8 Å². The summed E-state index contributed by atoms with van der Waals surface area (Å²) < 4.78 is 64.3. The third kappa shape index (κ3) is 5.04.